The number of isocyanates is 1. The lowest BCUT2D eigenvalue weighted by Gasteiger charge is -2.03. The second-order valence-electron chi connectivity index (χ2n) is 3.02. The first kappa shape index (κ1) is 9.69. The zero-order chi connectivity index (χ0) is 9.68. The molecule has 13 heavy (non-hydrogen) atoms. The van der Waals surface area contributed by atoms with Crippen LogP contribution < -0.4 is 0 Å². The summed E-state index contributed by atoms with van der Waals surface area (Å²) in [6.07, 6.45) is 2.58. The Morgan fingerprint density at radius 2 is 2.23 bits per heavy atom. The normalized spacial score (nSPS) is 9.38. The molecule has 2 heteroatoms. The summed E-state index contributed by atoms with van der Waals surface area (Å²) >= 11 is 0. The number of hydrogen-bond donors (Lipinski definition) is 0. The maximum absolute atomic E-state index is 9.89. The summed E-state index contributed by atoms with van der Waals surface area (Å²) in [5, 5.41) is 0. The van der Waals surface area contributed by atoms with Gasteiger partial charge in [0, 0.05) is 0 Å². The van der Waals surface area contributed by atoms with Gasteiger partial charge in [0.25, 0.3) is 0 Å². The van der Waals surface area contributed by atoms with Crippen molar-refractivity contribution in [2.45, 2.75) is 26.8 Å². The molecule has 0 spiro atoms. The molecule has 0 atom stereocenters. The van der Waals surface area contributed by atoms with Crippen molar-refractivity contribution in [2.24, 2.45) is 4.99 Å². The molecular weight excluding hydrogens is 162 g/mol. The van der Waals surface area contributed by atoms with Crippen LogP contribution >= 0.6 is 0 Å². The van der Waals surface area contributed by atoms with E-state index < -0.39 is 0 Å². The highest BCUT2D eigenvalue weighted by atomic mass is 16.1. The van der Waals surface area contributed by atoms with Gasteiger partial charge in [0.2, 0.25) is 6.08 Å². The SMILES string of the molecule is CCc1ccc(CN=C=O)cc1C. The molecule has 0 aliphatic heterocycles. The standard InChI is InChI=1S/C11H13NO/c1-3-11-5-4-10(6-9(11)2)7-12-8-13/h4-6H,3,7H2,1-2H3. The first-order valence-corrected chi connectivity index (χ1v) is 4.40. The highest BCUT2D eigenvalue weighted by molar-refractivity contribution is 5.35. The summed E-state index contributed by atoms with van der Waals surface area (Å²) in [4.78, 5) is 13.4. The van der Waals surface area contributed by atoms with E-state index in [2.05, 4.69) is 31.0 Å². The zero-order valence-electron chi connectivity index (χ0n) is 8.00. The Morgan fingerprint density at radius 1 is 1.46 bits per heavy atom. The first-order valence-electron chi connectivity index (χ1n) is 4.40. The van der Waals surface area contributed by atoms with Crippen molar-refractivity contribution in [2.75, 3.05) is 0 Å². The second kappa shape index (κ2) is 4.58. The molecule has 0 amide bonds. The van der Waals surface area contributed by atoms with E-state index in [-0.39, 0.29) is 0 Å². The van der Waals surface area contributed by atoms with Crippen molar-refractivity contribution in [3.8, 4) is 0 Å². The Kier molecular flexibility index (Phi) is 3.41. The maximum Gasteiger partial charge on any atom is 0.235 e. The molecule has 2 nitrogen and oxygen atoms in total. The lowest BCUT2D eigenvalue weighted by Crippen LogP contribution is -1.89. The molecule has 1 rings (SSSR count). The van der Waals surface area contributed by atoms with Crippen molar-refractivity contribution in [3.63, 3.8) is 0 Å². The van der Waals surface area contributed by atoms with Gasteiger partial charge in [-0.3, -0.25) is 0 Å². The fourth-order valence-electron chi connectivity index (χ4n) is 1.38. The number of hydrogen-bond acceptors (Lipinski definition) is 2. The lowest BCUT2D eigenvalue weighted by atomic mass is 10.0. The van der Waals surface area contributed by atoms with E-state index in [1.54, 1.807) is 0 Å². The molecule has 0 N–H and O–H groups in total. The van der Waals surface area contributed by atoms with Gasteiger partial charge < -0.3 is 0 Å². The predicted molar refractivity (Wildman–Crippen MR) is 52.4 cm³/mol. The predicted octanol–water partition coefficient (Wildman–Crippen LogP) is 2.39. The van der Waals surface area contributed by atoms with Crippen molar-refractivity contribution in [3.05, 3.63) is 34.9 Å². The van der Waals surface area contributed by atoms with Crippen LogP contribution in [0.15, 0.2) is 23.2 Å². The third-order valence-electron chi connectivity index (χ3n) is 2.11. The van der Waals surface area contributed by atoms with E-state index >= 15 is 0 Å². The van der Waals surface area contributed by atoms with Gasteiger partial charge in [0.15, 0.2) is 0 Å². The van der Waals surface area contributed by atoms with Crippen LogP contribution in [0.1, 0.15) is 23.6 Å². The van der Waals surface area contributed by atoms with Gasteiger partial charge in [-0.15, -0.1) is 0 Å². The number of carbonyl (C=O) groups excluding carboxylic acids is 1. The van der Waals surface area contributed by atoms with Crippen LogP contribution in [0.2, 0.25) is 0 Å². The molecule has 0 aliphatic rings. The molecule has 0 aliphatic carbocycles. The highest BCUT2D eigenvalue weighted by Crippen LogP contribution is 2.12. The average molecular weight is 175 g/mol. The summed E-state index contributed by atoms with van der Waals surface area (Å²) in [5.41, 5.74) is 3.68. The van der Waals surface area contributed by atoms with E-state index in [4.69, 9.17) is 0 Å². The summed E-state index contributed by atoms with van der Waals surface area (Å²) in [6, 6.07) is 6.16. The van der Waals surface area contributed by atoms with E-state index in [1.165, 1.54) is 17.2 Å². The molecule has 0 aromatic heterocycles. The van der Waals surface area contributed by atoms with E-state index in [9.17, 15) is 4.79 Å². The summed E-state index contributed by atoms with van der Waals surface area (Å²) in [6.45, 7) is 4.65. The third-order valence-corrected chi connectivity index (χ3v) is 2.11. The summed E-state index contributed by atoms with van der Waals surface area (Å²) < 4.78 is 0. The van der Waals surface area contributed by atoms with Gasteiger partial charge >= 0.3 is 0 Å². The van der Waals surface area contributed by atoms with Crippen LogP contribution in [0.25, 0.3) is 0 Å². The van der Waals surface area contributed by atoms with Crippen LogP contribution in [0.5, 0.6) is 0 Å². The van der Waals surface area contributed by atoms with Crippen molar-refractivity contribution >= 4 is 6.08 Å². The molecular formula is C11H13NO. The van der Waals surface area contributed by atoms with Crippen molar-refractivity contribution in [1.29, 1.82) is 0 Å². The Hall–Kier alpha value is -1.40. The molecule has 0 saturated heterocycles. The van der Waals surface area contributed by atoms with Gasteiger partial charge in [-0.25, -0.2) is 9.79 Å². The fourth-order valence-corrected chi connectivity index (χ4v) is 1.38. The van der Waals surface area contributed by atoms with Gasteiger partial charge in [0.1, 0.15) is 0 Å². The summed E-state index contributed by atoms with van der Waals surface area (Å²) in [5.74, 6) is 0. The topological polar surface area (TPSA) is 29.4 Å². The number of nitrogens with zero attached hydrogens (tertiary/aromatic N) is 1. The van der Waals surface area contributed by atoms with Gasteiger partial charge in [-0.2, -0.15) is 0 Å². The Morgan fingerprint density at radius 3 is 2.77 bits per heavy atom. The first-order chi connectivity index (χ1) is 6.27. The minimum atomic E-state index is 0.439. The quantitative estimate of drug-likeness (QED) is 0.512. The average Bonchev–Trinajstić information content (AvgIpc) is 2.15. The molecule has 0 heterocycles. The van der Waals surface area contributed by atoms with Crippen molar-refractivity contribution < 1.29 is 4.79 Å². The smallest absolute Gasteiger partial charge is 0.211 e. The second-order valence-corrected chi connectivity index (χ2v) is 3.02. The number of aliphatic imine (C=N–C) groups is 1. The number of aryl methyl sites for hydroxylation is 2. The van der Waals surface area contributed by atoms with Crippen LogP contribution in [-0.4, -0.2) is 6.08 Å². The minimum Gasteiger partial charge on any atom is -0.211 e. The molecule has 1 aromatic rings. The van der Waals surface area contributed by atoms with Crippen LogP contribution in [0.4, 0.5) is 0 Å². The Labute approximate surface area is 78.3 Å². The molecule has 0 fully saturated rings. The van der Waals surface area contributed by atoms with Crippen LogP contribution in [0.3, 0.4) is 0 Å². The number of benzene rings is 1. The van der Waals surface area contributed by atoms with E-state index in [0.717, 1.165) is 12.0 Å². The number of rotatable bonds is 3. The fraction of sp³-hybridized carbons (Fsp3) is 0.364. The molecule has 0 saturated carbocycles. The lowest BCUT2D eigenvalue weighted by molar-refractivity contribution is 0.563. The molecule has 0 bridgehead atoms. The Bertz CT molecular complexity index is 338. The van der Waals surface area contributed by atoms with Gasteiger partial charge in [-0.05, 0) is 30.0 Å². The van der Waals surface area contributed by atoms with Gasteiger partial charge in [-0.1, -0.05) is 25.1 Å². The zero-order valence-corrected chi connectivity index (χ0v) is 8.00. The van der Waals surface area contributed by atoms with E-state index in [1.807, 2.05) is 6.07 Å². The highest BCUT2D eigenvalue weighted by Gasteiger charge is 1.97. The molecule has 68 valence electrons. The summed E-state index contributed by atoms with van der Waals surface area (Å²) in [7, 11) is 0. The minimum absolute atomic E-state index is 0.439. The largest absolute Gasteiger partial charge is 0.235 e. The van der Waals surface area contributed by atoms with Crippen LogP contribution in [0, 0.1) is 6.92 Å². The van der Waals surface area contributed by atoms with Crippen molar-refractivity contribution in [1.82, 2.24) is 0 Å². The van der Waals surface area contributed by atoms with Crippen LogP contribution in [-0.2, 0) is 17.8 Å². The monoisotopic (exact) mass is 175 g/mol. The molecule has 1 aromatic carbocycles. The molecule has 0 unspecified atom stereocenters. The third kappa shape index (κ3) is 2.53. The van der Waals surface area contributed by atoms with Gasteiger partial charge in [0.05, 0.1) is 6.54 Å². The maximum atomic E-state index is 9.89. The molecule has 0 radical (unpaired) electrons. The Balaban J connectivity index is 2.88. The van der Waals surface area contributed by atoms with E-state index in [0.29, 0.717) is 6.54 Å².